The van der Waals surface area contributed by atoms with Crippen LogP contribution >= 0.6 is 0 Å². The predicted molar refractivity (Wildman–Crippen MR) is 185 cm³/mol. The summed E-state index contributed by atoms with van der Waals surface area (Å²) in [6, 6.07) is 7.69. The van der Waals surface area contributed by atoms with Crippen LogP contribution in [0.1, 0.15) is 0 Å². The molecule has 0 radical (unpaired) electrons. The summed E-state index contributed by atoms with van der Waals surface area (Å²) in [5.41, 5.74) is 5.10. The Morgan fingerprint density at radius 2 is 0.679 bits per heavy atom. The van der Waals surface area contributed by atoms with Crippen molar-refractivity contribution in [3.8, 4) is 45.6 Å². The Morgan fingerprint density at radius 3 is 1.04 bits per heavy atom. The number of H-pyrrole nitrogens is 2. The molecule has 2 aliphatic heterocycles. The Kier molecular flexibility index (Phi) is 14.5. The second kappa shape index (κ2) is 18.5. The van der Waals surface area contributed by atoms with Gasteiger partial charge in [0.05, 0.1) is 21.9 Å². The lowest BCUT2D eigenvalue weighted by molar-refractivity contribution is -0.697. The number of aliphatic hydroxyl groups is 4. The van der Waals surface area contributed by atoms with Crippen molar-refractivity contribution >= 4 is 44.1 Å². The highest BCUT2D eigenvalue weighted by Gasteiger charge is 2.26. The first kappa shape index (κ1) is 43.8. The number of nitrogens with one attached hydrogen (secondary N) is 2. The molecule has 7 aromatic rings. The van der Waals surface area contributed by atoms with Gasteiger partial charge in [-0.3, -0.25) is 0 Å². The van der Waals surface area contributed by atoms with Gasteiger partial charge in [0.1, 0.15) is 49.0 Å². The number of rotatable bonds is 8. The average molecular weight is 1210 g/mol. The zero-order valence-corrected chi connectivity index (χ0v) is 38.0. The first-order valence-electron chi connectivity index (χ1n) is 16.9. The van der Waals surface area contributed by atoms with Gasteiger partial charge in [0.25, 0.3) is 0 Å². The van der Waals surface area contributed by atoms with Crippen LogP contribution in [0.5, 0.6) is 0 Å². The third kappa shape index (κ3) is 8.06. The first-order valence-corrected chi connectivity index (χ1v) is 16.9. The SMILES string of the molecule is OCC[n+]1ccc2c(c1)-c1nc-2nc2[nH]c(nc3nc(nc4[nH]c(n1)c1cc[n+](CCO)cc41)-c1cc[n+](CCO)cc1-3)c1cc[n+](CCO)cc21.[I-].[I-].[I-].[I-]. The molecule has 6 N–H and O–H groups in total. The van der Waals surface area contributed by atoms with Crippen LogP contribution in [-0.2, 0) is 26.2 Å². The molecule has 8 bridgehead atoms. The average Bonchev–Trinajstić information content (AvgIpc) is 3.87. The van der Waals surface area contributed by atoms with Crippen LogP contribution in [0.2, 0.25) is 0 Å². The van der Waals surface area contributed by atoms with E-state index in [1.54, 1.807) is 0 Å². The molecule has 20 heteroatoms. The number of hydrogen-bond donors (Lipinski definition) is 6. The number of halogens is 4. The fourth-order valence-corrected chi connectivity index (χ4v) is 6.76. The third-order valence-electron chi connectivity index (χ3n) is 9.26. The quantitative estimate of drug-likeness (QED) is 0.0627. The Balaban J connectivity index is 0.00000150. The largest absolute Gasteiger partial charge is 1.00 e. The molecule has 0 amide bonds. The van der Waals surface area contributed by atoms with Gasteiger partial charge in [-0.05, 0) is 0 Å². The molecular formula is C36H34I4N12O4. The van der Waals surface area contributed by atoms with E-state index in [-0.39, 0.29) is 122 Å². The van der Waals surface area contributed by atoms with Crippen molar-refractivity contribution in [1.29, 1.82) is 0 Å². The molecule has 16 nitrogen and oxygen atoms in total. The van der Waals surface area contributed by atoms with Gasteiger partial charge in [0, 0.05) is 46.2 Å². The van der Waals surface area contributed by atoms with Crippen molar-refractivity contribution in [2.75, 3.05) is 26.4 Å². The third-order valence-corrected chi connectivity index (χ3v) is 9.26. The van der Waals surface area contributed by atoms with Gasteiger partial charge in [-0.25, -0.2) is 48.2 Å². The van der Waals surface area contributed by atoms with E-state index in [0.717, 1.165) is 43.8 Å². The molecule has 0 aromatic carbocycles. The maximum Gasteiger partial charge on any atom is 0.180 e. The highest BCUT2D eigenvalue weighted by atomic mass is 127. The van der Waals surface area contributed by atoms with Gasteiger partial charge in [-0.2, -0.15) is 0 Å². The Hall–Kier alpha value is -3.28. The number of aromatic amines is 2. The highest BCUT2D eigenvalue weighted by molar-refractivity contribution is 6.05. The highest BCUT2D eigenvalue weighted by Crippen LogP contribution is 2.35. The molecule has 0 saturated heterocycles. The van der Waals surface area contributed by atoms with E-state index in [1.165, 1.54) is 0 Å². The standard InChI is InChI=1S/C36H33N12O4.4HI/c49-13-9-45-5-1-21-25(17-45)33-37-29(21)41-34-26-18-46(10-14-50)6-2-22(26)31(38-34)43-36-28-20-48(12-16-52)8-4-24(28)32(40-36)44-35-27-19-47(11-15-51)7-3-23(27)30(39-35)42-33;;;;/h1-8,17-20,49-52H,9-16H2,(H,37,38,39,40,41,42,43,44);4*1H/q+3;;;;/p-3. The van der Waals surface area contributed by atoms with Crippen LogP contribution < -0.4 is 114 Å². The topological polar surface area (TPSA) is 205 Å². The summed E-state index contributed by atoms with van der Waals surface area (Å²) in [4.78, 5) is 37.0. The van der Waals surface area contributed by atoms with E-state index in [1.807, 2.05) is 92.1 Å². The molecule has 0 unspecified atom stereocenters. The summed E-state index contributed by atoms with van der Waals surface area (Å²) in [5.74, 6) is 1.74. The summed E-state index contributed by atoms with van der Waals surface area (Å²) in [6.07, 6.45) is 15.2. The summed E-state index contributed by atoms with van der Waals surface area (Å²) >= 11 is 0. The van der Waals surface area contributed by atoms with E-state index < -0.39 is 0 Å². The molecule has 290 valence electrons. The van der Waals surface area contributed by atoms with Crippen molar-refractivity contribution in [1.82, 2.24) is 39.9 Å². The van der Waals surface area contributed by atoms with Gasteiger partial charge in [-0.1, -0.05) is 0 Å². The second-order valence-corrected chi connectivity index (χ2v) is 12.5. The lowest BCUT2D eigenvalue weighted by Crippen LogP contribution is -3.00. The number of fused-ring (bicyclic) bond motifs is 20. The van der Waals surface area contributed by atoms with Gasteiger partial charge in [0.15, 0.2) is 99.1 Å². The molecule has 56 heavy (non-hydrogen) atoms. The first-order chi connectivity index (χ1) is 25.5. The maximum absolute atomic E-state index is 9.70. The summed E-state index contributed by atoms with van der Waals surface area (Å²) < 4.78 is 7.54. The van der Waals surface area contributed by atoms with Crippen LogP contribution in [0.3, 0.4) is 0 Å². The fourth-order valence-electron chi connectivity index (χ4n) is 6.76. The van der Waals surface area contributed by atoms with Crippen LogP contribution in [0.25, 0.3) is 89.7 Å². The normalized spacial score (nSPS) is 11.2. The smallest absolute Gasteiger partial charge is 0.180 e. The summed E-state index contributed by atoms with van der Waals surface area (Å²) in [7, 11) is 0. The Morgan fingerprint density at radius 1 is 0.375 bits per heavy atom. The van der Waals surface area contributed by atoms with Crippen LogP contribution in [-0.4, -0.2) is 86.7 Å². The molecule has 0 aliphatic carbocycles. The molecule has 7 aromatic heterocycles. The predicted octanol–water partition coefficient (Wildman–Crippen LogP) is -12.0. The van der Waals surface area contributed by atoms with Crippen LogP contribution in [0.4, 0.5) is 0 Å². The Bertz CT molecular complexity index is 2560. The lowest BCUT2D eigenvalue weighted by Gasteiger charge is -1.98. The number of pyridine rings is 4. The van der Waals surface area contributed by atoms with Crippen molar-refractivity contribution in [2.24, 2.45) is 0 Å². The molecule has 0 spiro atoms. The fraction of sp³-hybridized carbons (Fsp3) is 0.222. The van der Waals surface area contributed by atoms with E-state index >= 15 is 0 Å². The maximum atomic E-state index is 9.70. The minimum Gasteiger partial charge on any atom is -1.00 e. The molecule has 0 atom stereocenters. The number of aliphatic hydroxyl groups excluding tert-OH is 4. The zero-order valence-electron chi connectivity index (χ0n) is 29.4. The molecular weight excluding hydrogens is 1170 g/mol. The number of nitrogens with zero attached hydrogens (tertiary/aromatic N) is 10. The van der Waals surface area contributed by atoms with Crippen molar-refractivity contribution in [3.05, 3.63) is 73.8 Å². The molecule has 0 fully saturated rings. The van der Waals surface area contributed by atoms with E-state index in [2.05, 4.69) is 9.97 Å². The van der Waals surface area contributed by atoms with Crippen molar-refractivity contribution in [2.45, 2.75) is 26.2 Å². The van der Waals surface area contributed by atoms with Gasteiger partial charge < -0.3 is 126 Å². The van der Waals surface area contributed by atoms with Crippen molar-refractivity contribution < 1.29 is 135 Å². The van der Waals surface area contributed by atoms with Gasteiger partial charge >= 0.3 is 0 Å². The van der Waals surface area contributed by atoms with Crippen LogP contribution in [0.15, 0.2) is 73.8 Å². The van der Waals surface area contributed by atoms with E-state index in [9.17, 15) is 20.4 Å². The minimum atomic E-state index is -0.0317. The van der Waals surface area contributed by atoms with Gasteiger partial charge in [0.2, 0.25) is 0 Å². The zero-order chi connectivity index (χ0) is 35.3. The van der Waals surface area contributed by atoms with E-state index in [4.69, 9.17) is 29.9 Å². The summed E-state index contributed by atoms with van der Waals surface area (Å²) in [5, 5.41) is 41.9. The molecule has 0 saturated carbocycles. The Labute approximate surface area is 386 Å². The van der Waals surface area contributed by atoms with E-state index in [0.29, 0.717) is 72.1 Å². The minimum absolute atomic E-state index is 0. The second-order valence-electron chi connectivity index (χ2n) is 12.5. The van der Waals surface area contributed by atoms with Crippen LogP contribution in [0, 0.1) is 0 Å². The molecule has 9 rings (SSSR count). The number of aromatic nitrogens is 12. The monoisotopic (exact) mass is 1210 g/mol. The lowest BCUT2D eigenvalue weighted by atomic mass is 10.1. The molecule has 2 aliphatic rings. The molecule has 9 heterocycles. The summed E-state index contributed by atoms with van der Waals surface area (Å²) in [6.45, 7) is 1.46. The van der Waals surface area contributed by atoms with Crippen molar-refractivity contribution in [3.63, 3.8) is 0 Å². The number of hydrogen-bond acceptors (Lipinski definition) is 10. The van der Waals surface area contributed by atoms with Gasteiger partial charge in [-0.15, -0.1) is 0 Å².